The van der Waals surface area contributed by atoms with Gasteiger partial charge < -0.3 is 17.2 Å². The first-order valence-electron chi connectivity index (χ1n) is 6.76. The molecule has 24 heavy (non-hydrogen) atoms. The molecule has 0 aliphatic heterocycles. The Morgan fingerprint density at radius 3 is 1.12 bits per heavy atom. The summed E-state index contributed by atoms with van der Waals surface area (Å²) in [6, 6.07) is 4.16. The Morgan fingerprint density at radius 2 is 0.958 bits per heavy atom. The molecule has 0 heterocycles. The van der Waals surface area contributed by atoms with Gasteiger partial charge in [-0.15, -0.1) is 0 Å². The standard InChI is InChI=1S/C7H5F6Ge.3C2H6N.Hf/c8-6(9,10)14(7(11,12)13)5-3-1-2-4-5;3*1-2-3;/h1-4,14H;3*3H,2H2,1H3;/q4*-1;+4. The van der Waals surface area contributed by atoms with Gasteiger partial charge in [-0.1, -0.05) is 20.8 Å². The van der Waals surface area contributed by atoms with Crippen molar-refractivity contribution >= 4 is 18.7 Å². The third-order valence-electron chi connectivity index (χ3n) is 1.68. The summed E-state index contributed by atoms with van der Waals surface area (Å²) in [5, 5.41) is -10.2. The van der Waals surface area contributed by atoms with Gasteiger partial charge >= 0.3 is 105 Å². The van der Waals surface area contributed by atoms with E-state index in [1.807, 2.05) is 0 Å². The zero-order chi connectivity index (χ0) is 19.1. The van der Waals surface area contributed by atoms with E-state index in [0.717, 1.165) is 12.1 Å². The van der Waals surface area contributed by atoms with Crippen molar-refractivity contribution in [1.29, 1.82) is 0 Å². The molecular weight excluding hydrogens is 563 g/mol. The van der Waals surface area contributed by atoms with Gasteiger partial charge in [-0.3, -0.25) is 0 Å². The van der Waals surface area contributed by atoms with Crippen LogP contribution in [0.5, 0.6) is 0 Å². The van der Waals surface area contributed by atoms with Crippen LogP contribution in [0.15, 0.2) is 24.3 Å². The van der Waals surface area contributed by atoms with Gasteiger partial charge in [0.1, 0.15) is 0 Å². The van der Waals surface area contributed by atoms with E-state index in [-0.39, 0.29) is 25.8 Å². The summed E-state index contributed by atoms with van der Waals surface area (Å²) in [6.45, 7) is 6.88. The molecule has 11 heteroatoms. The van der Waals surface area contributed by atoms with E-state index in [1.54, 1.807) is 20.8 Å². The Labute approximate surface area is 162 Å². The second kappa shape index (κ2) is 18.0. The Morgan fingerprint density at radius 1 is 0.750 bits per heavy atom. The van der Waals surface area contributed by atoms with Crippen LogP contribution in [0.1, 0.15) is 20.8 Å². The summed E-state index contributed by atoms with van der Waals surface area (Å²) >= 11 is -5.46. The molecule has 3 nitrogen and oxygen atoms in total. The van der Waals surface area contributed by atoms with Gasteiger partial charge in [0.25, 0.3) is 0 Å². The van der Waals surface area contributed by atoms with E-state index < -0.39 is 28.8 Å². The Balaban J connectivity index is -0.000000169. The minimum absolute atomic E-state index is 0. The quantitative estimate of drug-likeness (QED) is 0.246. The molecule has 1 aromatic rings. The second-order valence-electron chi connectivity index (χ2n) is 3.80. The van der Waals surface area contributed by atoms with Gasteiger partial charge in [0, 0.05) is 0 Å². The maximum Gasteiger partial charge on any atom is 4.00 e. The summed E-state index contributed by atoms with van der Waals surface area (Å²) in [7, 11) is 0. The van der Waals surface area contributed by atoms with Gasteiger partial charge in [-0.25, -0.2) is 0 Å². The molecule has 0 aliphatic rings. The number of hydrogen-bond acceptors (Lipinski definition) is 0. The number of rotatable bonds is 1. The molecule has 0 saturated heterocycles. The summed E-state index contributed by atoms with van der Waals surface area (Å²) in [5.74, 6) is 0. The van der Waals surface area contributed by atoms with Crippen LogP contribution in [0.4, 0.5) is 26.3 Å². The molecule has 0 unspecified atom stereocenters. The molecule has 0 fully saturated rings. The molecule has 0 spiro atoms. The normalized spacial score (nSPS) is 10.2. The molecule has 0 bridgehead atoms. The molecular formula is C13H23F6GeHfN3. The first-order valence-corrected chi connectivity index (χ1v) is 10.4. The van der Waals surface area contributed by atoms with E-state index in [4.69, 9.17) is 17.2 Å². The predicted octanol–water partition coefficient (Wildman–Crippen LogP) is 5.22. The van der Waals surface area contributed by atoms with Crippen molar-refractivity contribution in [2.24, 2.45) is 0 Å². The molecule has 0 amide bonds. The van der Waals surface area contributed by atoms with Crippen molar-refractivity contribution in [2.45, 2.75) is 30.8 Å². The number of hydrogen-bond donors (Lipinski definition) is 0. The van der Waals surface area contributed by atoms with Crippen LogP contribution >= 0.6 is 0 Å². The minimum Gasteiger partial charge on any atom is 4.00 e. The Bertz CT molecular complexity index is 326. The van der Waals surface area contributed by atoms with Crippen molar-refractivity contribution in [3.8, 4) is 0 Å². The summed E-state index contributed by atoms with van der Waals surface area (Å²) in [6.07, 6.45) is 0. The van der Waals surface area contributed by atoms with Gasteiger partial charge in [-0.2, -0.15) is 19.6 Å². The van der Waals surface area contributed by atoms with Crippen LogP contribution in [0.3, 0.4) is 0 Å². The molecule has 3 N–H and O–H groups in total. The number of alkyl halides is 6. The molecule has 1 aromatic carbocycles. The fourth-order valence-corrected chi connectivity index (χ4v) is 4.78. The van der Waals surface area contributed by atoms with Crippen molar-refractivity contribution in [3.05, 3.63) is 41.5 Å². The SMILES string of the molecule is CC[NH-].CC[NH-].CC[NH-].F[C](F)(F)[GeH]([c-]1cccc1)[C](F)(F)F.[Hf+4]. The maximum atomic E-state index is 12.1. The fourth-order valence-electron chi connectivity index (χ4n) is 1.14. The smallest absolute Gasteiger partial charge is 4.00 e. The Hall–Kier alpha value is 0.223. The fraction of sp³-hybridized carbons (Fsp3) is 0.615. The van der Waals surface area contributed by atoms with Crippen molar-refractivity contribution < 1.29 is 52.2 Å². The predicted molar refractivity (Wildman–Crippen MR) is 85.5 cm³/mol. The molecule has 0 aliphatic carbocycles. The van der Waals surface area contributed by atoms with Gasteiger partial charge in [0.15, 0.2) is 0 Å². The van der Waals surface area contributed by atoms with Crippen LogP contribution in [0.2, 0.25) is 0 Å². The maximum absolute atomic E-state index is 12.1. The van der Waals surface area contributed by atoms with E-state index in [9.17, 15) is 26.3 Å². The molecule has 0 saturated carbocycles. The number of halogens is 6. The minimum atomic E-state index is -5.46. The van der Waals surface area contributed by atoms with Crippen LogP contribution in [-0.4, -0.2) is 44.0 Å². The van der Waals surface area contributed by atoms with Crippen LogP contribution in [0.25, 0.3) is 17.2 Å². The summed E-state index contributed by atoms with van der Waals surface area (Å²) < 4.78 is 72.3. The van der Waals surface area contributed by atoms with Crippen molar-refractivity contribution in [2.75, 3.05) is 19.6 Å². The van der Waals surface area contributed by atoms with E-state index in [2.05, 4.69) is 0 Å². The molecule has 0 atom stereocenters. The van der Waals surface area contributed by atoms with Crippen LogP contribution < -0.4 is 4.40 Å². The van der Waals surface area contributed by atoms with Crippen LogP contribution in [0, 0.1) is 0 Å². The van der Waals surface area contributed by atoms with E-state index in [0.29, 0.717) is 19.6 Å². The first kappa shape index (κ1) is 31.9. The largest absolute Gasteiger partial charge is 4.00 e. The van der Waals surface area contributed by atoms with Crippen molar-refractivity contribution in [3.63, 3.8) is 0 Å². The summed E-state index contributed by atoms with van der Waals surface area (Å²) in [4.78, 5) is 0. The van der Waals surface area contributed by atoms with E-state index in [1.165, 1.54) is 12.1 Å². The molecule has 0 aromatic heterocycles. The molecule has 1 rings (SSSR count). The van der Waals surface area contributed by atoms with Crippen molar-refractivity contribution in [1.82, 2.24) is 0 Å². The number of nitrogens with one attached hydrogen (secondary N) is 3. The second-order valence-corrected chi connectivity index (χ2v) is 9.76. The van der Waals surface area contributed by atoms with Gasteiger partial charge in [0.2, 0.25) is 0 Å². The van der Waals surface area contributed by atoms with Gasteiger partial charge in [0.05, 0.1) is 0 Å². The van der Waals surface area contributed by atoms with E-state index >= 15 is 0 Å². The van der Waals surface area contributed by atoms with Gasteiger partial charge in [-0.05, 0) is 0 Å². The zero-order valence-corrected chi connectivity index (χ0v) is 19.8. The first-order chi connectivity index (χ1) is 10.5. The topological polar surface area (TPSA) is 71.4 Å². The zero-order valence-electron chi connectivity index (χ0n) is 13.8. The summed E-state index contributed by atoms with van der Waals surface area (Å²) in [5.41, 5.74) is 18.6. The third kappa shape index (κ3) is 18.6. The molecule has 0 radical (unpaired) electrons. The van der Waals surface area contributed by atoms with Crippen LogP contribution in [-0.2, 0) is 25.8 Å². The molecule has 140 valence electrons. The average molecular weight is 586 g/mol. The Kier molecular flexibility index (Phi) is 24.0. The average Bonchev–Trinajstić information content (AvgIpc) is 2.81. The monoisotopic (exact) mass is 589 g/mol. The third-order valence-corrected chi connectivity index (χ3v) is 6.63.